The molecule has 0 spiro atoms. The van der Waals surface area contributed by atoms with Crippen molar-refractivity contribution in [3.8, 4) is 0 Å². The molecule has 2 rings (SSSR count). The minimum Gasteiger partial charge on any atom is -0.396 e. The monoisotopic (exact) mass is 237 g/mol. The largest absolute Gasteiger partial charge is 0.396 e. The molecule has 5 heteroatoms. The number of nitrogens with one attached hydrogen (secondary N) is 1. The number of hydrogen-bond acceptors (Lipinski definition) is 4. The summed E-state index contributed by atoms with van der Waals surface area (Å²) in [6, 6.07) is 0.0235. The molecule has 1 aliphatic rings. The van der Waals surface area contributed by atoms with Gasteiger partial charge in [0.1, 0.15) is 5.82 Å². The normalized spacial score (nSPS) is 23.1. The average Bonchev–Trinajstić information content (AvgIpc) is 2.73. The Bertz CT molecular complexity index is 448. The van der Waals surface area contributed by atoms with E-state index in [4.69, 9.17) is 5.11 Å². The molecule has 0 unspecified atom stereocenters. The van der Waals surface area contributed by atoms with E-state index < -0.39 is 5.82 Å². The van der Waals surface area contributed by atoms with Crippen molar-refractivity contribution >= 4 is 5.82 Å². The van der Waals surface area contributed by atoms with Crippen molar-refractivity contribution in [1.29, 1.82) is 0 Å². The van der Waals surface area contributed by atoms with Crippen LogP contribution in [0.1, 0.15) is 17.9 Å². The van der Waals surface area contributed by atoms with Gasteiger partial charge >= 0.3 is 0 Å². The van der Waals surface area contributed by atoms with Gasteiger partial charge in [-0.05, 0) is 20.3 Å². The molecule has 0 bridgehead atoms. The van der Waals surface area contributed by atoms with Gasteiger partial charge in [-0.15, -0.1) is 0 Å². The van der Waals surface area contributed by atoms with Crippen LogP contribution in [0.4, 0.5) is 10.2 Å². The molecule has 17 heavy (non-hydrogen) atoms. The molecule has 0 aliphatic heterocycles. The Balaban J connectivity index is 2.12. The lowest BCUT2D eigenvalue weighted by Crippen LogP contribution is -2.19. The first kappa shape index (κ1) is 12.0. The van der Waals surface area contributed by atoms with Gasteiger partial charge in [0.05, 0.1) is 5.69 Å². The number of aliphatic hydroxyl groups is 1. The van der Waals surface area contributed by atoms with Crippen LogP contribution < -0.4 is 5.32 Å². The van der Waals surface area contributed by atoms with Gasteiger partial charge in [-0.1, -0.05) is 12.2 Å². The number of halogens is 1. The summed E-state index contributed by atoms with van der Waals surface area (Å²) in [6.07, 6.45) is 4.64. The fraction of sp³-hybridized carbons (Fsp3) is 0.500. The maximum atomic E-state index is 13.8. The molecule has 0 saturated heterocycles. The third-order valence-electron chi connectivity index (χ3n) is 2.86. The van der Waals surface area contributed by atoms with Crippen molar-refractivity contribution in [3.63, 3.8) is 0 Å². The summed E-state index contributed by atoms with van der Waals surface area (Å²) in [4.78, 5) is 8.01. The van der Waals surface area contributed by atoms with Gasteiger partial charge in [0.2, 0.25) is 0 Å². The highest BCUT2D eigenvalue weighted by molar-refractivity contribution is 5.41. The molecular weight excluding hydrogens is 221 g/mol. The highest BCUT2D eigenvalue weighted by Gasteiger charge is 2.20. The van der Waals surface area contributed by atoms with E-state index in [1.54, 1.807) is 13.8 Å². The van der Waals surface area contributed by atoms with E-state index in [0.717, 1.165) is 6.42 Å². The second-order valence-electron chi connectivity index (χ2n) is 4.33. The second-order valence-corrected chi connectivity index (χ2v) is 4.33. The quantitative estimate of drug-likeness (QED) is 0.784. The lowest BCUT2D eigenvalue weighted by atomic mass is 10.1. The zero-order valence-electron chi connectivity index (χ0n) is 9.94. The predicted molar refractivity (Wildman–Crippen MR) is 63.2 cm³/mol. The number of hydrogen-bond donors (Lipinski definition) is 2. The summed E-state index contributed by atoms with van der Waals surface area (Å²) in [5.41, 5.74) is 0.348. The Labute approximate surface area is 99.6 Å². The van der Waals surface area contributed by atoms with E-state index in [2.05, 4.69) is 15.3 Å². The predicted octanol–water partition coefficient (Wildman–Crippen LogP) is 1.58. The van der Waals surface area contributed by atoms with Gasteiger partial charge in [0.15, 0.2) is 11.6 Å². The molecule has 1 heterocycles. The van der Waals surface area contributed by atoms with Crippen molar-refractivity contribution in [1.82, 2.24) is 9.97 Å². The minimum atomic E-state index is -0.406. The van der Waals surface area contributed by atoms with Crippen LogP contribution in [-0.2, 0) is 0 Å². The molecule has 1 aromatic heterocycles. The molecule has 2 atom stereocenters. The maximum absolute atomic E-state index is 13.8. The summed E-state index contributed by atoms with van der Waals surface area (Å²) in [5.74, 6) is 0.534. The third kappa shape index (κ3) is 2.61. The smallest absolute Gasteiger partial charge is 0.186 e. The molecule has 0 radical (unpaired) electrons. The van der Waals surface area contributed by atoms with E-state index in [0.29, 0.717) is 11.5 Å². The summed E-state index contributed by atoms with van der Waals surface area (Å²) in [6.45, 7) is 3.48. The van der Waals surface area contributed by atoms with E-state index in [1.807, 2.05) is 12.2 Å². The fourth-order valence-electron chi connectivity index (χ4n) is 1.99. The molecule has 0 aromatic carbocycles. The van der Waals surface area contributed by atoms with E-state index >= 15 is 0 Å². The maximum Gasteiger partial charge on any atom is 0.186 e. The van der Waals surface area contributed by atoms with Crippen LogP contribution in [0.15, 0.2) is 12.2 Å². The molecular formula is C12H16FN3O. The van der Waals surface area contributed by atoms with Crippen LogP contribution in [0.5, 0.6) is 0 Å². The van der Waals surface area contributed by atoms with Crippen LogP contribution in [0.25, 0.3) is 0 Å². The Morgan fingerprint density at radius 2 is 2.18 bits per heavy atom. The Morgan fingerprint density at radius 3 is 2.82 bits per heavy atom. The Hall–Kier alpha value is -1.49. The highest BCUT2D eigenvalue weighted by Crippen LogP contribution is 2.22. The van der Waals surface area contributed by atoms with Crippen molar-refractivity contribution in [2.24, 2.45) is 5.92 Å². The molecule has 2 N–H and O–H groups in total. The summed E-state index contributed by atoms with van der Waals surface area (Å²) >= 11 is 0. The van der Waals surface area contributed by atoms with E-state index in [-0.39, 0.29) is 24.4 Å². The van der Waals surface area contributed by atoms with Gasteiger partial charge in [-0.25, -0.2) is 14.4 Å². The first-order valence-electron chi connectivity index (χ1n) is 5.66. The first-order valence-corrected chi connectivity index (χ1v) is 5.66. The average molecular weight is 237 g/mol. The standard InChI is InChI=1S/C12H16FN3O/c1-7-11(13)12(15-8(2)14-7)16-10-4-3-9(5-10)6-17/h3-4,9-10,17H,5-6H2,1-2H3,(H,14,15,16)/t9-,10+/m0/s1. The molecule has 0 fully saturated rings. The molecule has 1 aliphatic carbocycles. The lowest BCUT2D eigenvalue weighted by molar-refractivity contribution is 0.250. The number of rotatable bonds is 3. The topological polar surface area (TPSA) is 58.0 Å². The number of nitrogens with zero attached hydrogens (tertiary/aromatic N) is 2. The van der Waals surface area contributed by atoms with Gasteiger partial charge in [-0.3, -0.25) is 0 Å². The van der Waals surface area contributed by atoms with E-state index in [9.17, 15) is 4.39 Å². The summed E-state index contributed by atoms with van der Waals surface area (Å²) in [7, 11) is 0. The van der Waals surface area contributed by atoms with Crippen molar-refractivity contribution < 1.29 is 9.50 Å². The van der Waals surface area contributed by atoms with Crippen LogP contribution in [0.2, 0.25) is 0 Å². The van der Waals surface area contributed by atoms with Crippen molar-refractivity contribution in [3.05, 3.63) is 29.5 Å². The number of aryl methyl sites for hydroxylation is 2. The third-order valence-corrected chi connectivity index (χ3v) is 2.86. The van der Waals surface area contributed by atoms with Gasteiger partial charge < -0.3 is 10.4 Å². The van der Waals surface area contributed by atoms with Crippen LogP contribution in [-0.4, -0.2) is 27.7 Å². The lowest BCUT2D eigenvalue weighted by Gasteiger charge is -2.14. The van der Waals surface area contributed by atoms with Crippen LogP contribution in [0, 0.1) is 25.6 Å². The molecule has 4 nitrogen and oxygen atoms in total. The van der Waals surface area contributed by atoms with Gasteiger partial charge in [0, 0.05) is 18.6 Å². The van der Waals surface area contributed by atoms with Gasteiger partial charge in [0.25, 0.3) is 0 Å². The Morgan fingerprint density at radius 1 is 1.41 bits per heavy atom. The molecule has 1 aromatic rings. The van der Waals surface area contributed by atoms with Gasteiger partial charge in [-0.2, -0.15) is 0 Å². The van der Waals surface area contributed by atoms with Crippen LogP contribution in [0.3, 0.4) is 0 Å². The highest BCUT2D eigenvalue weighted by atomic mass is 19.1. The summed E-state index contributed by atoms with van der Waals surface area (Å²) < 4.78 is 13.8. The fourth-order valence-corrected chi connectivity index (χ4v) is 1.99. The SMILES string of the molecule is Cc1nc(C)c(F)c(N[C@@H]2C=C[C@H](CO)C2)n1. The van der Waals surface area contributed by atoms with Crippen molar-refractivity contribution in [2.45, 2.75) is 26.3 Å². The number of aliphatic hydroxyl groups excluding tert-OH is 1. The minimum absolute atomic E-state index is 0.0235. The summed E-state index contributed by atoms with van der Waals surface area (Å²) in [5, 5.41) is 12.0. The zero-order chi connectivity index (χ0) is 12.4. The Kier molecular flexibility index (Phi) is 3.38. The van der Waals surface area contributed by atoms with Crippen LogP contribution >= 0.6 is 0 Å². The zero-order valence-corrected chi connectivity index (χ0v) is 9.94. The van der Waals surface area contributed by atoms with E-state index in [1.165, 1.54) is 0 Å². The molecule has 0 amide bonds. The first-order chi connectivity index (χ1) is 8.10. The van der Waals surface area contributed by atoms with Crippen molar-refractivity contribution in [2.75, 3.05) is 11.9 Å². The second kappa shape index (κ2) is 4.79. The molecule has 92 valence electrons. The number of aromatic nitrogens is 2. The molecule has 0 saturated carbocycles. The number of anilines is 1.